The van der Waals surface area contributed by atoms with E-state index in [1.807, 2.05) is 11.8 Å². The van der Waals surface area contributed by atoms with Crippen LogP contribution in [0.2, 0.25) is 0 Å². The Morgan fingerprint density at radius 2 is 2.00 bits per heavy atom. The van der Waals surface area contributed by atoms with E-state index in [4.69, 9.17) is 0 Å². The summed E-state index contributed by atoms with van der Waals surface area (Å²) in [4.78, 5) is 27.1. The molecule has 20 heavy (non-hydrogen) atoms. The number of carboxylic acid groups (broad SMARTS) is 1. The molecule has 0 radical (unpaired) electrons. The smallest absolute Gasteiger partial charge is 0.320 e. The minimum absolute atomic E-state index is 0.302. The quantitative estimate of drug-likeness (QED) is 0.831. The number of hydrogen-bond acceptors (Lipinski definition) is 3. The minimum Gasteiger partial charge on any atom is -0.480 e. The first-order chi connectivity index (χ1) is 9.61. The van der Waals surface area contributed by atoms with E-state index in [1.54, 1.807) is 0 Å². The molecule has 0 aromatic heterocycles. The lowest BCUT2D eigenvalue weighted by molar-refractivity contribution is -0.144. The van der Waals surface area contributed by atoms with Crippen LogP contribution < -0.4 is 0 Å². The number of nitrogens with zero attached hydrogens (tertiary/aromatic N) is 2. The highest BCUT2D eigenvalue weighted by molar-refractivity contribution is 5.76. The lowest BCUT2D eigenvalue weighted by Crippen LogP contribution is -2.47. The summed E-state index contributed by atoms with van der Waals surface area (Å²) < 4.78 is 0. The molecule has 2 rings (SSSR count). The predicted molar refractivity (Wildman–Crippen MR) is 76.4 cm³/mol. The van der Waals surface area contributed by atoms with Crippen molar-refractivity contribution < 1.29 is 14.7 Å². The SMILES string of the molecule is CCC(C(=O)O)N1CCC(CN2CCCCC2=O)CC1. The molecule has 5 nitrogen and oxygen atoms in total. The van der Waals surface area contributed by atoms with Gasteiger partial charge in [0.2, 0.25) is 5.91 Å². The summed E-state index contributed by atoms with van der Waals surface area (Å²) in [5.74, 6) is 0.132. The second-order valence-electron chi connectivity index (χ2n) is 6.04. The van der Waals surface area contributed by atoms with E-state index in [2.05, 4.69) is 4.90 Å². The van der Waals surface area contributed by atoms with Crippen LogP contribution in [0.15, 0.2) is 0 Å². The highest BCUT2D eigenvalue weighted by Crippen LogP contribution is 2.23. The number of rotatable bonds is 5. The maximum Gasteiger partial charge on any atom is 0.320 e. The standard InChI is InChI=1S/C15H26N2O3/c1-2-13(15(19)20)16-9-6-12(7-10-16)11-17-8-4-3-5-14(17)18/h12-13H,2-11H2,1H3,(H,19,20). The van der Waals surface area contributed by atoms with Gasteiger partial charge in [0.15, 0.2) is 0 Å². The third kappa shape index (κ3) is 3.72. The van der Waals surface area contributed by atoms with E-state index >= 15 is 0 Å². The fourth-order valence-electron chi connectivity index (χ4n) is 3.40. The lowest BCUT2D eigenvalue weighted by atomic mass is 9.94. The Labute approximate surface area is 120 Å². The Kier molecular flexibility index (Phi) is 5.40. The van der Waals surface area contributed by atoms with Crippen molar-refractivity contribution in [3.05, 3.63) is 0 Å². The van der Waals surface area contributed by atoms with Crippen molar-refractivity contribution in [1.82, 2.24) is 9.80 Å². The summed E-state index contributed by atoms with van der Waals surface area (Å²) in [6.45, 7) is 5.40. The van der Waals surface area contributed by atoms with E-state index in [9.17, 15) is 14.7 Å². The van der Waals surface area contributed by atoms with Crippen molar-refractivity contribution in [3.8, 4) is 0 Å². The maximum absolute atomic E-state index is 11.8. The summed E-state index contributed by atoms with van der Waals surface area (Å²) in [5, 5.41) is 9.19. The predicted octanol–water partition coefficient (Wildman–Crippen LogP) is 1.57. The molecular weight excluding hydrogens is 256 g/mol. The monoisotopic (exact) mass is 282 g/mol. The number of carbonyl (C=O) groups excluding carboxylic acids is 1. The molecule has 114 valence electrons. The van der Waals surface area contributed by atoms with E-state index in [0.717, 1.165) is 51.9 Å². The first-order valence-electron chi connectivity index (χ1n) is 7.86. The summed E-state index contributed by atoms with van der Waals surface area (Å²) in [7, 11) is 0. The molecular formula is C15H26N2O3. The van der Waals surface area contributed by atoms with Crippen LogP contribution in [0.25, 0.3) is 0 Å². The average molecular weight is 282 g/mol. The molecule has 0 aliphatic carbocycles. The highest BCUT2D eigenvalue weighted by Gasteiger charge is 2.30. The van der Waals surface area contributed by atoms with Gasteiger partial charge in [0.1, 0.15) is 6.04 Å². The highest BCUT2D eigenvalue weighted by atomic mass is 16.4. The van der Waals surface area contributed by atoms with Gasteiger partial charge in [-0.25, -0.2) is 0 Å². The van der Waals surface area contributed by atoms with Gasteiger partial charge in [-0.3, -0.25) is 14.5 Å². The molecule has 0 spiro atoms. The summed E-state index contributed by atoms with van der Waals surface area (Å²) in [6.07, 6.45) is 5.54. The molecule has 0 saturated carbocycles. The van der Waals surface area contributed by atoms with Crippen LogP contribution >= 0.6 is 0 Å². The van der Waals surface area contributed by atoms with E-state index in [1.165, 1.54) is 0 Å². The minimum atomic E-state index is -0.711. The van der Waals surface area contributed by atoms with Crippen molar-refractivity contribution >= 4 is 11.9 Å². The van der Waals surface area contributed by atoms with Crippen LogP contribution in [-0.2, 0) is 9.59 Å². The van der Waals surface area contributed by atoms with Crippen LogP contribution in [0.4, 0.5) is 0 Å². The van der Waals surface area contributed by atoms with E-state index in [-0.39, 0.29) is 6.04 Å². The first kappa shape index (κ1) is 15.3. The summed E-state index contributed by atoms with van der Waals surface area (Å²) >= 11 is 0. The molecule has 1 N–H and O–H groups in total. The normalized spacial score (nSPS) is 23.9. The van der Waals surface area contributed by atoms with Crippen LogP contribution in [0.1, 0.15) is 45.4 Å². The van der Waals surface area contributed by atoms with Gasteiger partial charge in [-0.15, -0.1) is 0 Å². The molecule has 2 fully saturated rings. The lowest BCUT2D eigenvalue weighted by Gasteiger charge is -2.38. The molecule has 2 heterocycles. The van der Waals surface area contributed by atoms with Crippen LogP contribution in [-0.4, -0.2) is 59.0 Å². The molecule has 1 amide bonds. The second kappa shape index (κ2) is 7.07. The second-order valence-corrected chi connectivity index (χ2v) is 6.04. The largest absolute Gasteiger partial charge is 0.480 e. The van der Waals surface area contributed by atoms with Crippen molar-refractivity contribution in [3.63, 3.8) is 0 Å². The van der Waals surface area contributed by atoms with Crippen molar-refractivity contribution in [2.45, 2.75) is 51.5 Å². The Balaban J connectivity index is 1.79. The molecule has 1 atom stereocenters. The number of carbonyl (C=O) groups is 2. The third-order valence-corrected chi connectivity index (χ3v) is 4.66. The topological polar surface area (TPSA) is 60.9 Å². The molecule has 1 unspecified atom stereocenters. The number of amides is 1. The van der Waals surface area contributed by atoms with Gasteiger partial charge in [-0.1, -0.05) is 6.92 Å². The zero-order valence-electron chi connectivity index (χ0n) is 12.4. The zero-order chi connectivity index (χ0) is 14.5. The molecule has 2 aliphatic heterocycles. The fourth-order valence-corrected chi connectivity index (χ4v) is 3.40. The van der Waals surface area contributed by atoms with Crippen molar-refractivity contribution in [2.75, 3.05) is 26.2 Å². The summed E-state index contributed by atoms with van der Waals surface area (Å²) in [6, 6.07) is -0.340. The van der Waals surface area contributed by atoms with Gasteiger partial charge in [-0.05, 0) is 51.1 Å². The molecule has 2 aliphatic rings. The Morgan fingerprint density at radius 1 is 1.30 bits per heavy atom. The molecule has 2 saturated heterocycles. The third-order valence-electron chi connectivity index (χ3n) is 4.66. The maximum atomic E-state index is 11.8. The molecule has 5 heteroatoms. The number of carboxylic acids is 1. The van der Waals surface area contributed by atoms with Crippen LogP contribution in [0, 0.1) is 5.92 Å². The van der Waals surface area contributed by atoms with Crippen LogP contribution in [0.5, 0.6) is 0 Å². The number of likely N-dealkylation sites (tertiary alicyclic amines) is 2. The summed E-state index contributed by atoms with van der Waals surface area (Å²) in [5.41, 5.74) is 0. The number of aliphatic carboxylic acids is 1. The van der Waals surface area contributed by atoms with E-state index in [0.29, 0.717) is 24.7 Å². The Bertz CT molecular complexity index is 351. The Hall–Kier alpha value is -1.10. The zero-order valence-corrected chi connectivity index (χ0v) is 12.4. The molecule has 0 aromatic carbocycles. The van der Waals surface area contributed by atoms with Gasteiger partial charge in [-0.2, -0.15) is 0 Å². The van der Waals surface area contributed by atoms with Crippen molar-refractivity contribution in [1.29, 1.82) is 0 Å². The number of piperidine rings is 2. The fraction of sp³-hybridized carbons (Fsp3) is 0.867. The molecule has 0 aromatic rings. The van der Waals surface area contributed by atoms with Crippen LogP contribution in [0.3, 0.4) is 0 Å². The number of hydrogen-bond donors (Lipinski definition) is 1. The first-order valence-corrected chi connectivity index (χ1v) is 7.86. The van der Waals surface area contributed by atoms with Gasteiger partial charge >= 0.3 is 5.97 Å². The Morgan fingerprint density at radius 3 is 2.55 bits per heavy atom. The van der Waals surface area contributed by atoms with Gasteiger partial charge < -0.3 is 10.0 Å². The van der Waals surface area contributed by atoms with Gasteiger partial charge in [0.25, 0.3) is 0 Å². The van der Waals surface area contributed by atoms with Gasteiger partial charge in [0, 0.05) is 19.5 Å². The average Bonchev–Trinajstić information content (AvgIpc) is 2.43. The van der Waals surface area contributed by atoms with E-state index < -0.39 is 5.97 Å². The molecule has 0 bridgehead atoms. The van der Waals surface area contributed by atoms with Crippen molar-refractivity contribution in [2.24, 2.45) is 5.92 Å². The van der Waals surface area contributed by atoms with Gasteiger partial charge in [0.05, 0.1) is 0 Å².